The van der Waals surface area contributed by atoms with Crippen molar-refractivity contribution in [3.05, 3.63) is 35.9 Å². The van der Waals surface area contributed by atoms with Crippen LogP contribution in [0.4, 0.5) is 0 Å². The fraction of sp³-hybridized carbons (Fsp3) is 0.538. The van der Waals surface area contributed by atoms with Crippen molar-refractivity contribution < 1.29 is 0 Å². The lowest BCUT2D eigenvalue weighted by Crippen LogP contribution is -2.36. The Hall–Kier alpha value is -0.820. The van der Waals surface area contributed by atoms with Crippen LogP contribution in [0, 0.1) is 6.07 Å². The topological polar surface area (TPSA) is 3.24 Å². The van der Waals surface area contributed by atoms with Gasteiger partial charge in [-0.25, -0.2) is 0 Å². The normalized spacial score (nSPS) is 23.6. The molecule has 1 aromatic rings. The van der Waals surface area contributed by atoms with Crippen LogP contribution in [0.3, 0.4) is 0 Å². The third-order valence-corrected chi connectivity index (χ3v) is 3.11. The van der Waals surface area contributed by atoms with Crippen molar-refractivity contribution in [3.63, 3.8) is 0 Å². The molecule has 1 aliphatic rings. The second kappa shape index (κ2) is 4.61. The van der Waals surface area contributed by atoms with Gasteiger partial charge in [0, 0.05) is 12.6 Å². The van der Waals surface area contributed by atoms with E-state index in [1.54, 1.807) is 0 Å². The molecule has 1 nitrogen and oxygen atoms in total. The molecule has 0 amide bonds. The van der Waals surface area contributed by atoms with Gasteiger partial charge in [-0.2, -0.15) is 0 Å². The van der Waals surface area contributed by atoms with Gasteiger partial charge in [0.1, 0.15) is 0 Å². The summed E-state index contributed by atoms with van der Waals surface area (Å²) in [7, 11) is 0. The number of hydrogen-bond donors (Lipinski definition) is 0. The molecule has 1 aromatic carbocycles. The predicted molar refractivity (Wildman–Crippen MR) is 59.0 cm³/mol. The van der Waals surface area contributed by atoms with E-state index in [0.717, 1.165) is 12.6 Å². The first kappa shape index (κ1) is 9.72. The molecule has 75 valence electrons. The summed E-state index contributed by atoms with van der Waals surface area (Å²) >= 11 is 0. The Morgan fingerprint density at radius 2 is 2.14 bits per heavy atom. The zero-order chi connectivity index (χ0) is 9.80. The number of nitrogens with zero attached hydrogens (tertiary/aromatic N) is 1. The van der Waals surface area contributed by atoms with Gasteiger partial charge in [0.15, 0.2) is 0 Å². The summed E-state index contributed by atoms with van der Waals surface area (Å²) in [5.74, 6) is 0. The van der Waals surface area contributed by atoms with Crippen LogP contribution in [0.1, 0.15) is 31.7 Å². The first-order valence-corrected chi connectivity index (χ1v) is 5.55. The number of piperidine rings is 1. The van der Waals surface area contributed by atoms with Crippen molar-refractivity contribution in [1.29, 1.82) is 0 Å². The molecule has 0 saturated carbocycles. The Morgan fingerprint density at radius 3 is 2.86 bits per heavy atom. The largest absolute Gasteiger partial charge is 0.296 e. The summed E-state index contributed by atoms with van der Waals surface area (Å²) in [5.41, 5.74) is 1.41. The predicted octanol–water partition coefficient (Wildman–Crippen LogP) is 2.86. The van der Waals surface area contributed by atoms with Crippen molar-refractivity contribution >= 4 is 0 Å². The van der Waals surface area contributed by atoms with Crippen molar-refractivity contribution in [3.8, 4) is 0 Å². The van der Waals surface area contributed by atoms with E-state index in [1.807, 2.05) is 12.1 Å². The van der Waals surface area contributed by atoms with Crippen molar-refractivity contribution in [1.82, 2.24) is 4.90 Å². The van der Waals surface area contributed by atoms with E-state index in [4.69, 9.17) is 0 Å². The molecule has 1 fully saturated rings. The monoisotopic (exact) mass is 188 g/mol. The second-order valence-electron chi connectivity index (χ2n) is 4.22. The summed E-state index contributed by atoms with van der Waals surface area (Å²) in [6.07, 6.45) is 4.13. The molecule has 0 aliphatic carbocycles. The maximum Gasteiger partial charge on any atom is 0.0236 e. The van der Waals surface area contributed by atoms with E-state index >= 15 is 0 Å². The Bertz CT molecular complexity index is 268. The lowest BCUT2D eigenvalue weighted by Gasteiger charge is -2.33. The van der Waals surface area contributed by atoms with Crippen molar-refractivity contribution in [2.75, 3.05) is 6.54 Å². The van der Waals surface area contributed by atoms with Gasteiger partial charge in [0.2, 0.25) is 0 Å². The molecule has 1 unspecified atom stereocenters. The third kappa shape index (κ3) is 2.36. The van der Waals surface area contributed by atoms with Crippen LogP contribution >= 0.6 is 0 Å². The molecular formula is C13H18N. The van der Waals surface area contributed by atoms with Crippen LogP contribution in [-0.4, -0.2) is 17.5 Å². The number of hydrogen-bond acceptors (Lipinski definition) is 1. The van der Waals surface area contributed by atoms with E-state index < -0.39 is 0 Å². The van der Waals surface area contributed by atoms with E-state index in [1.165, 1.54) is 31.4 Å². The summed E-state index contributed by atoms with van der Waals surface area (Å²) in [5, 5.41) is 0. The molecule has 1 aliphatic heterocycles. The lowest BCUT2D eigenvalue weighted by molar-refractivity contribution is 0.152. The van der Waals surface area contributed by atoms with Crippen LogP contribution in [-0.2, 0) is 6.54 Å². The molecule has 0 N–H and O–H groups in total. The number of rotatable bonds is 2. The van der Waals surface area contributed by atoms with Gasteiger partial charge in [0.25, 0.3) is 0 Å². The molecule has 0 spiro atoms. The van der Waals surface area contributed by atoms with Gasteiger partial charge < -0.3 is 0 Å². The summed E-state index contributed by atoms with van der Waals surface area (Å²) < 4.78 is 0. The lowest BCUT2D eigenvalue weighted by atomic mass is 10.0. The van der Waals surface area contributed by atoms with Crippen LogP contribution in [0.5, 0.6) is 0 Å². The van der Waals surface area contributed by atoms with Crippen LogP contribution in [0.15, 0.2) is 24.3 Å². The standard InChI is InChI=1S/C13H18N/c1-12-7-5-6-10-14(12)11-13-8-3-2-4-9-13/h3-4,8-9,12H,5-7,10-11H2,1H3. The van der Waals surface area contributed by atoms with Crippen LogP contribution in [0.25, 0.3) is 0 Å². The molecule has 14 heavy (non-hydrogen) atoms. The van der Waals surface area contributed by atoms with Gasteiger partial charge in [-0.15, -0.1) is 0 Å². The van der Waals surface area contributed by atoms with Gasteiger partial charge in [0.05, 0.1) is 0 Å². The van der Waals surface area contributed by atoms with E-state index in [-0.39, 0.29) is 0 Å². The van der Waals surface area contributed by atoms with E-state index in [0.29, 0.717) is 0 Å². The van der Waals surface area contributed by atoms with Gasteiger partial charge in [-0.3, -0.25) is 4.90 Å². The van der Waals surface area contributed by atoms with Crippen molar-refractivity contribution in [2.24, 2.45) is 0 Å². The Labute approximate surface area is 86.7 Å². The molecular weight excluding hydrogens is 170 g/mol. The van der Waals surface area contributed by atoms with E-state index in [9.17, 15) is 0 Å². The van der Waals surface area contributed by atoms with Gasteiger partial charge >= 0.3 is 0 Å². The quantitative estimate of drug-likeness (QED) is 0.690. The fourth-order valence-corrected chi connectivity index (χ4v) is 2.15. The smallest absolute Gasteiger partial charge is 0.0236 e. The first-order chi connectivity index (χ1) is 6.86. The summed E-state index contributed by atoms with van der Waals surface area (Å²) in [4.78, 5) is 2.58. The van der Waals surface area contributed by atoms with Crippen LogP contribution < -0.4 is 0 Å². The molecule has 0 aromatic heterocycles. The molecule has 1 atom stereocenters. The molecule has 0 bridgehead atoms. The Morgan fingerprint density at radius 1 is 1.36 bits per heavy atom. The first-order valence-electron chi connectivity index (χ1n) is 5.55. The van der Waals surface area contributed by atoms with Gasteiger partial charge in [-0.1, -0.05) is 30.7 Å². The maximum absolute atomic E-state index is 3.06. The minimum absolute atomic E-state index is 0.757. The SMILES string of the molecule is CC1CCCCN1Cc1cc[c]cc1. The molecule has 1 heterocycles. The number of likely N-dealkylation sites (tertiary alicyclic amines) is 1. The Kier molecular flexibility index (Phi) is 3.20. The summed E-state index contributed by atoms with van der Waals surface area (Å²) in [6.45, 7) is 4.71. The average Bonchev–Trinajstić information content (AvgIpc) is 2.23. The third-order valence-electron chi connectivity index (χ3n) is 3.11. The maximum atomic E-state index is 3.06. The highest BCUT2D eigenvalue weighted by molar-refractivity contribution is 5.13. The highest BCUT2D eigenvalue weighted by Crippen LogP contribution is 2.18. The highest BCUT2D eigenvalue weighted by Gasteiger charge is 2.17. The molecule has 2 rings (SSSR count). The van der Waals surface area contributed by atoms with E-state index in [2.05, 4.69) is 30.0 Å². The highest BCUT2D eigenvalue weighted by atomic mass is 15.2. The molecule has 1 radical (unpaired) electrons. The van der Waals surface area contributed by atoms with Crippen LogP contribution in [0.2, 0.25) is 0 Å². The van der Waals surface area contributed by atoms with Crippen molar-refractivity contribution in [2.45, 2.75) is 38.8 Å². The minimum Gasteiger partial charge on any atom is -0.296 e. The molecule has 1 heteroatoms. The zero-order valence-corrected chi connectivity index (χ0v) is 8.87. The second-order valence-corrected chi connectivity index (χ2v) is 4.22. The Balaban J connectivity index is 1.96. The zero-order valence-electron chi connectivity index (χ0n) is 8.87. The number of benzene rings is 1. The average molecular weight is 188 g/mol. The molecule has 1 saturated heterocycles. The fourth-order valence-electron chi connectivity index (χ4n) is 2.15. The minimum atomic E-state index is 0.757. The van der Waals surface area contributed by atoms with Gasteiger partial charge in [-0.05, 0) is 37.9 Å². The summed E-state index contributed by atoms with van der Waals surface area (Å²) in [6, 6.07) is 12.2.